The number of aromatic amines is 1. The number of hydrogen-bond acceptors (Lipinski definition) is 5. The third-order valence-electron chi connectivity index (χ3n) is 4.15. The molecule has 0 aliphatic carbocycles. The van der Waals surface area contributed by atoms with Crippen molar-refractivity contribution in [1.82, 2.24) is 20.1 Å². The van der Waals surface area contributed by atoms with Crippen molar-refractivity contribution in [2.24, 2.45) is 0 Å². The Morgan fingerprint density at radius 3 is 3.04 bits per heavy atom. The number of likely N-dealkylation sites (tertiary alicyclic amines) is 1. The van der Waals surface area contributed by atoms with E-state index in [4.69, 9.17) is 4.74 Å². The maximum Gasteiger partial charge on any atom is 0.271 e. The van der Waals surface area contributed by atoms with Crippen molar-refractivity contribution in [2.75, 3.05) is 18.8 Å². The molecule has 0 radical (unpaired) electrons. The maximum atomic E-state index is 13.6. The Kier molecular flexibility index (Phi) is 3.48. The van der Waals surface area contributed by atoms with E-state index in [0.717, 1.165) is 12.2 Å². The third-order valence-corrected chi connectivity index (χ3v) is 5.73. The van der Waals surface area contributed by atoms with Crippen LogP contribution < -0.4 is 4.74 Å². The molecule has 1 N–H and O–H groups in total. The van der Waals surface area contributed by atoms with Crippen LogP contribution in [-0.4, -0.2) is 55.7 Å². The molecule has 2 aromatic rings. The molecule has 2 aliphatic rings. The van der Waals surface area contributed by atoms with Crippen molar-refractivity contribution < 1.29 is 13.9 Å². The van der Waals surface area contributed by atoms with E-state index < -0.39 is 5.82 Å². The molecule has 0 saturated carbocycles. The van der Waals surface area contributed by atoms with E-state index in [2.05, 4.69) is 15.2 Å². The summed E-state index contributed by atoms with van der Waals surface area (Å²) in [5.41, 5.74) is 0.506. The Morgan fingerprint density at radius 1 is 1.43 bits per heavy atom. The minimum atomic E-state index is -0.442. The van der Waals surface area contributed by atoms with Gasteiger partial charge in [0.2, 0.25) is 0 Å². The van der Waals surface area contributed by atoms with Crippen molar-refractivity contribution in [3.05, 3.63) is 42.1 Å². The van der Waals surface area contributed by atoms with E-state index in [1.165, 1.54) is 18.3 Å². The van der Waals surface area contributed by atoms with E-state index >= 15 is 0 Å². The molecule has 23 heavy (non-hydrogen) atoms. The Labute approximate surface area is 136 Å². The van der Waals surface area contributed by atoms with Crippen LogP contribution in [0.5, 0.6) is 5.88 Å². The summed E-state index contributed by atoms with van der Waals surface area (Å²) in [5, 5.41) is 6.49. The summed E-state index contributed by atoms with van der Waals surface area (Å²) in [6.07, 6.45) is 3.80. The van der Waals surface area contributed by atoms with Gasteiger partial charge in [-0.2, -0.15) is 5.10 Å². The highest BCUT2D eigenvalue weighted by molar-refractivity contribution is 8.01. The fourth-order valence-electron chi connectivity index (χ4n) is 3.05. The van der Waals surface area contributed by atoms with Gasteiger partial charge in [0.15, 0.2) is 5.82 Å². The molecule has 4 rings (SSSR count). The number of halogens is 1. The van der Waals surface area contributed by atoms with Gasteiger partial charge in [0, 0.05) is 37.7 Å². The summed E-state index contributed by atoms with van der Waals surface area (Å²) in [6.45, 7) is 1.36. The number of carbonyl (C=O) groups excluding carboxylic acids is 1. The second-order valence-electron chi connectivity index (χ2n) is 5.86. The van der Waals surface area contributed by atoms with Crippen molar-refractivity contribution in [3.63, 3.8) is 0 Å². The van der Waals surface area contributed by atoms with E-state index in [0.29, 0.717) is 18.8 Å². The smallest absolute Gasteiger partial charge is 0.271 e. The van der Waals surface area contributed by atoms with Crippen molar-refractivity contribution in [2.45, 2.75) is 17.3 Å². The molecule has 2 saturated heterocycles. The zero-order chi connectivity index (χ0) is 15.9. The molecule has 2 aromatic heterocycles. The molecule has 6 nitrogen and oxygen atoms in total. The Hall–Kier alpha value is -2.09. The molecule has 120 valence electrons. The highest BCUT2D eigenvalue weighted by Crippen LogP contribution is 2.46. The summed E-state index contributed by atoms with van der Waals surface area (Å²) >= 11 is 1.79. The van der Waals surface area contributed by atoms with Gasteiger partial charge < -0.3 is 9.64 Å². The standard InChI is InChI=1S/C15H15FN4O2S/c16-11-2-1-4-17-13(11)22-10-6-15(23-7-10)8-20(9-15)14(21)12-3-5-18-19-12/h1-5,10H,6-9H2,(H,18,19). The Bertz CT molecular complexity index is 718. The SMILES string of the molecule is O=C(c1ccn[nH]1)N1CC2(CC(Oc3ncccc3F)CS2)C1. The summed E-state index contributed by atoms with van der Waals surface area (Å²) in [7, 11) is 0. The Balaban J connectivity index is 1.35. The van der Waals surface area contributed by atoms with Crippen LogP contribution in [0, 0.1) is 5.82 Å². The van der Waals surface area contributed by atoms with Crippen molar-refractivity contribution in [1.29, 1.82) is 0 Å². The number of thioether (sulfide) groups is 1. The number of amides is 1. The first-order chi connectivity index (χ1) is 11.2. The van der Waals surface area contributed by atoms with Crippen LogP contribution in [0.2, 0.25) is 0 Å². The molecule has 2 fully saturated rings. The van der Waals surface area contributed by atoms with Crippen molar-refractivity contribution >= 4 is 17.7 Å². The van der Waals surface area contributed by atoms with Gasteiger partial charge in [0.1, 0.15) is 11.8 Å². The highest BCUT2D eigenvalue weighted by Gasteiger charge is 2.51. The number of nitrogens with one attached hydrogen (secondary N) is 1. The van der Waals surface area contributed by atoms with E-state index in [9.17, 15) is 9.18 Å². The minimum Gasteiger partial charge on any atom is -0.471 e. The quantitative estimate of drug-likeness (QED) is 0.925. The lowest BCUT2D eigenvalue weighted by Crippen LogP contribution is -2.60. The first-order valence-corrected chi connectivity index (χ1v) is 8.34. The van der Waals surface area contributed by atoms with Crippen LogP contribution in [-0.2, 0) is 0 Å². The Morgan fingerprint density at radius 2 is 2.30 bits per heavy atom. The molecule has 4 heterocycles. The second kappa shape index (κ2) is 5.52. The molecule has 1 atom stereocenters. The lowest BCUT2D eigenvalue weighted by atomic mass is 9.92. The molecule has 1 amide bonds. The third kappa shape index (κ3) is 2.67. The summed E-state index contributed by atoms with van der Waals surface area (Å²) in [5.74, 6) is 0.360. The van der Waals surface area contributed by atoms with E-state index in [-0.39, 0.29) is 22.6 Å². The number of H-pyrrole nitrogens is 1. The molecule has 0 aromatic carbocycles. The number of hydrogen-bond donors (Lipinski definition) is 1. The number of rotatable bonds is 3. The van der Waals surface area contributed by atoms with Crippen LogP contribution in [0.4, 0.5) is 4.39 Å². The summed E-state index contributed by atoms with van der Waals surface area (Å²) < 4.78 is 19.3. The van der Waals surface area contributed by atoms with E-state index in [1.54, 1.807) is 28.9 Å². The number of aromatic nitrogens is 3. The lowest BCUT2D eigenvalue weighted by molar-refractivity contribution is 0.0508. The van der Waals surface area contributed by atoms with Gasteiger partial charge in [-0.25, -0.2) is 9.37 Å². The lowest BCUT2D eigenvalue weighted by Gasteiger charge is -2.47. The summed E-state index contributed by atoms with van der Waals surface area (Å²) in [4.78, 5) is 17.9. The van der Waals surface area contributed by atoms with Crippen LogP contribution >= 0.6 is 11.8 Å². The largest absolute Gasteiger partial charge is 0.471 e. The van der Waals surface area contributed by atoms with E-state index in [1.807, 2.05) is 0 Å². The fourth-order valence-corrected chi connectivity index (χ4v) is 4.58. The fraction of sp³-hybridized carbons (Fsp3) is 0.400. The first-order valence-electron chi connectivity index (χ1n) is 7.35. The number of pyridine rings is 1. The average Bonchev–Trinajstić information content (AvgIpc) is 3.17. The zero-order valence-corrected chi connectivity index (χ0v) is 13.1. The molecule has 2 aliphatic heterocycles. The second-order valence-corrected chi connectivity index (χ2v) is 7.35. The topological polar surface area (TPSA) is 71.1 Å². The van der Waals surface area contributed by atoms with Crippen molar-refractivity contribution in [3.8, 4) is 5.88 Å². The number of nitrogens with zero attached hydrogens (tertiary/aromatic N) is 3. The van der Waals surface area contributed by atoms with Gasteiger partial charge in [-0.05, 0) is 18.2 Å². The van der Waals surface area contributed by atoms with Gasteiger partial charge in [0.25, 0.3) is 11.8 Å². The molecular weight excluding hydrogens is 319 g/mol. The first kappa shape index (κ1) is 14.5. The van der Waals surface area contributed by atoms with Gasteiger partial charge in [-0.3, -0.25) is 9.89 Å². The predicted octanol–water partition coefficient (Wildman–Crippen LogP) is 1.72. The van der Waals surface area contributed by atoms with Crippen LogP contribution in [0.3, 0.4) is 0 Å². The van der Waals surface area contributed by atoms with Crippen LogP contribution in [0.25, 0.3) is 0 Å². The normalized spacial score (nSPS) is 22.1. The monoisotopic (exact) mass is 334 g/mol. The molecule has 8 heteroatoms. The van der Waals surface area contributed by atoms with Gasteiger partial charge >= 0.3 is 0 Å². The molecular formula is C15H15FN4O2S. The minimum absolute atomic E-state index is 0.0194. The maximum absolute atomic E-state index is 13.6. The number of carbonyl (C=O) groups is 1. The predicted molar refractivity (Wildman–Crippen MR) is 82.9 cm³/mol. The van der Waals surface area contributed by atoms with Crippen LogP contribution in [0.15, 0.2) is 30.6 Å². The van der Waals surface area contributed by atoms with Gasteiger partial charge in [-0.15, -0.1) is 11.8 Å². The molecule has 0 bridgehead atoms. The van der Waals surface area contributed by atoms with Crippen LogP contribution in [0.1, 0.15) is 16.9 Å². The average molecular weight is 334 g/mol. The van der Waals surface area contributed by atoms with Gasteiger partial charge in [0.05, 0.1) is 4.75 Å². The molecule has 1 spiro atoms. The molecule has 1 unspecified atom stereocenters. The van der Waals surface area contributed by atoms with Gasteiger partial charge in [-0.1, -0.05) is 0 Å². The highest BCUT2D eigenvalue weighted by atomic mass is 32.2. The number of ether oxygens (including phenoxy) is 1. The zero-order valence-electron chi connectivity index (χ0n) is 12.2. The summed E-state index contributed by atoms with van der Waals surface area (Å²) in [6, 6.07) is 4.55.